The number of nitrogens with one attached hydrogen (secondary N) is 1. The highest BCUT2D eigenvalue weighted by Gasteiger charge is 2.28. The third-order valence-electron chi connectivity index (χ3n) is 6.09. The zero-order chi connectivity index (χ0) is 21.5. The SMILES string of the molecule is N=C(N)c1ccc2cc(C(=O)N3CC[C@@H](O)C3)n(Cc3cccc4ccccc34)c2c1. The lowest BCUT2D eigenvalue weighted by Crippen LogP contribution is -2.31. The summed E-state index contributed by atoms with van der Waals surface area (Å²) in [5.74, 6) is -0.0901. The first-order valence-electron chi connectivity index (χ1n) is 10.4. The maximum absolute atomic E-state index is 13.4. The van der Waals surface area contributed by atoms with E-state index in [9.17, 15) is 9.90 Å². The molecule has 2 heterocycles. The highest BCUT2D eigenvalue weighted by Crippen LogP contribution is 2.27. The topological polar surface area (TPSA) is 95.3 Å². The van der Waals surface area contributed by atoms with Crippen molar-refractivity contribution in [1.82, 2.24) is 9.47 Å². The fourth-order valence-corrected chi connectivity index (χ4v) is 4.46. The predicted molar refractivity (Wildman–Crippen MR) is 123 cm³/mol. The number of rotatable bonds is 4. The van der Waals surface area contributed by atoms with Crippen LogP contribution in [0.15, 0.2) is 66.7 Å². The number of nitrogen functional groups attached to an aromatic ring is 1. The molecule has 156 valence electrons. The van der Waals surface area contributed by atoms with Crippen LogP contribution in [-0.4, -0.2) is 45.5 Å². The lowest BCUT2D eigenvalue weighted by Gasteiger charge is -2.18. The first-order valence-corrected chi connectivity index (χ1v) is 10.4. The summed E-state index contributed by atoms with van der Waals surface area (Å²) in [4.78, 5) is 15.1. The van der Waals surface area contributed by atoms with Crippen molar-refractivity contribution in [3.8, 4) is 0 Å². The van der Waals surface area contributed by atoms with Gasteiger partial charge in [0.15, 0.2) is 0 Å². The minimum absolute atomic E-state index is 0.00430. The summed E-state index contributed by atoms with van der Waals surface area (Å²) in [6.07, 6.45) is 0.133. The molecule has 4 N–H and O–H groups in total. The Labute approximate surface area is 180 Å². The maximum Gasteiger partial charge on any atom is 0.270 e. The van der Waals surface area contributed by atoms with Gasteiger partial charge in [-0.25, -0.2) is 0 Å². The van der Waals surface area contributed by atoms with Crippen LogP contribution in [0.4, 0.5) is 0 Å². The predicted octanol–water partition coefficient (Wildman–Crippen LogP) is 3.33. The Bertz CT molecular complexity index is 1320. The van der Waals surface area contributed by atoms with Crippen molar-refractivity contribution >= 4 is 33.4 Å². The van der Waals surface area contributed by atoms with Crippen molar-refractivity contribution in [3.63, 3.8) is 0 Å². The van der Waals surface area contributed by atoms with Crippen LogP contribution in [0.3, 0.4) is 0 Å². The van der Waals surface area contributed by atoms with Gasteiger partial charge in [0.2, 0.25) is 0 Å². The Morgan fingerprint density at radius 2 is 1.87 bits per heavy atom. The monoisotopic (exact) mass is 412 g/mol. The zero-order valence-corrected chi connectivity index (χ0v) is 17.1. The van der Waals surface area contributed by atoms with Crippen LogP contribution in [0.5, 0.6) is 0 Å². The Kier molecular flexibility index (Phi) is 4.71. The fourth-order valence-electron chi connectivity index (χ4n) is 4.46. The number of nitrogens with two attached hydrogens (primary N) is 1. The number of nitrogens with zero attached hydrogens (tertiary/aromatic N) is 2. The quantitative estimate of drug-likeness (QED) is 0.354. The van der Waals surface area contributed by atoms with Crippen molar-refractivity contribution < 1.29 is 9.90 Å². The van der Waals surface area contributed by atoms with Gasteiger partial charge in [0.05, 0.1) is 6.10 Å². The molecule has 6 nitrogen and oxygen atoms in total. The number of aliphatic hydroxyl groups excluding tert-OH is 1. The number of benzene rings is 3. The number of hydrogen-bond acceptors (Lipinski definition) is 3. The van der Waals surface area contributed by atoms with Crippen LogP contribution in [0.25, 0.3) is 21.7 Å². The van der Waals surface area contributed by atoms with E-state index in [1.165, 1.54) is 0 Å². The number of likely N-dealkylation sites (tertiary alicyclic amines) is 1. The van der Waals surface area contributed by atoms with Crippen molar-refractivity contribution in [3.05, 3.63) is 83.6 Å². The van der Waals surface area contributed by atoms with Gasteiger partial charge in [0.1, 0.15) is 11.5 Å². The molecule has 1 fully saturated rings. The maximum atomic E-state index is 13.4. The van der Waals surface area contributed by atoms with Crippen molar-refractivity contribution in [1.29, 1.82) is 5.41 Å². The smallest absolute Gasteiger partial charge is 0.270 e. The van der Waals surface area contributed by atoms with Gasteiger partial charge in [-0.3, -0.25) is 10.2 Å². The molecule has 1 aliphatic rings. The second-order valence-corrected chi connectivity index (χ2v) is 8.13. The van der Waals surface area contributed by atoms with Gasteiger partial charge in [-0.05, 0) is 34.9 Å². The van der Waals surface area contributed by atoms with Gasteiger partial charge in [-0.1, -0.05) is 54.6 Å². The number of carbonyl (C=O) groups excluding carboxylic acids is 1. The third kappa shape index (κ3) is 3.45. The minimum Gasteiger partial charge on any atom is -0.391 e. The van der Waals surface area contributed by atoms with Crippen LogP contribution in [0.2, 0.25) is 0 Å². The number of hydrogen-bond donors (Lipinski definition) is 3. The lowest BCUT2D eigenvalue weighted by molar-refractivity contribution is 0.0755. The molecule has 1 amide bonds. The van der Waals surface area contributed by atoms with Crippen molar-refractivity contribution in [2.45, 2.75) is 19.1 Å². The molecular formula is C25H24N4O2. The first-order chi connectivity index (χ1) is 15.0. The van der Waals surface area contributed by atoms with Gasteiger partial charge in [-0.15, -0.1) is 0 Å². The molecule has 0 saturated carbocycles. The van der Waals surface area contributed by atoms with E-state index in [-0.39, 0.29) is 11.7 Å². The summed E-state index contributed by atoms with van der Waals surface area (Å²) in [6, 6.07) is 21.9. The molecular weight excluding hydrogens is 388 g/mol. The van der Waals surface area contributed by atoms with E-state index in [2.05, 4.69) is 24.3 Å². The standard InChI is InChI=1S/C25H24N4O2/c26-24(27)18-9-8-17-12-23(25(31)28-11-10-20(30)15-28)29(22(17)13-18)14-19-6-3-5-16-4-1-2-7-21(16)19/h1-9,12-13,20,30H,10-11,14-15H2,(H3,26,27)/t20-/m1/s1. The Hall–Kier alpha value is -3.64. The number of carbonyl (C=O) groups is 1. The molecule has 1 atom stereocenters. The minimum atomic E-state index is -0.468. The normalized spacial score (nSPS) is 16.3. The molecule has 0 radical (unpaired) electrons. The van der Waals surface area contributed by atoms with Gasteiger partial charge < -0.3 is 20.3 Å². The average Bonchev–Trinajstić information content (AvgIpc) is 3.37. The summed E-state index contributed by atoms with van der Waals surface area (Å²) < 4.78 is 2.01. The summed E-state index contributed by atoms with van der Waals surface area (Å²) in [6.45, 7) is 1.42. The molecule has 3 aromatic carbocycles. The Balaban J connectivity index is 1.67. The molecule has 0 aliphatic carbocycles. The molecule has 6 heteroatoms. The molecule has 1 saturated heterocycles. The van der Waals surface area contributed by atoms with Crippen LogP contribution < -0.4 is 5.73 Å². The number of amides is 1. The van der Waals surface area contributed by atoms with E-state index in [0.29, 0.717) is 37.3 Å². The van der Waals surface area contributed by atoms with Crippen molar-refractivity contribution in [2.75, 3.05) is 13.1 Å². The molecule has 0 spiro atoms. The third-order valence-corrected chi connectivity index (χ3v) is 6.09. The number of fused-ring (bicyclic) bond motifs is 2. The number of amidine groups is 1. The molecule has 1 aliphatic heterocycles. The number of β-amino-alcohol motifs (C(OH)–C–C–N with tert-alkyl or cyclic N) is 1. The van der Waals surface area contributed by atoms with E-state index in [0.717, 1.165) is 27.2 Å². The van der Waals surface area contributed by atoms with E-state index in [4.69, 9.17) is 11.1 Å². The van der Waals surface area contributed by atoms with Gasteiger partial charge >= 0.3 is 0 Å². The van der Waals surface area contributed by atoms with E-state index < -0.39 is 6.10 Å². The molecule has 1 aromatic heterocycles. The molecule has 0 bridgehead atoms. The molecule has 4 aromatic rings. The van der Waals surface area contributed by atoms with Crippen LogP contribution in [0, 0.1) is 5.41 Å². The molecule has 0 unspecified atom stereocenters. The highest BCUT2D eigenvalue weighted by molar-refractivity contribution is 6.02. The van der Waals surface area contributed by atoms with Crippen LogP contribution in [-0.2, 0) is 6.54 Å². The number of aromatic nitrogens is 1. The highest BCUT2D eigenvalue weighted by atomic mass is 16.3. The van der Waals surface area contributed by atoms with E-state index >= 15 is 0 Å². The fraction of sp³-hybridized carbons (Fsp3) is 0.200. The molecule has 31 heavy (non-hydrogen) atoms. The van der Waals surface area contributed by atoms with Gasteiger partial charge in [0, 0.05) is 36.1 Å². The summed E-state index contributed by atoms with van der Waals surface area (Å²) in [7, 11) is 0. The second kappa shape index (κ2) is 7.56. The van der Waals surface area contributed by atoms with E-state index in [1.807, 2.05) is 41.0 Å². The second-order valence-electron chi connectivity index (χ2n) is 8.13. The van der Waals surface area contributed by atoms with Crippen LogP contribution >= 0.6 is 0 Å². The summed E-state index contributed by atoms with van der Waals surface area (Å²) >= 11 is 0. The van der Waals surface area contributed by atoms with Crippen LogP contribution in [0.1, 0.15) is 28.0 Å². The summed E-state index contributed by atoms with van der Waals surface area (Å²) in [5.41, 5.74) is 8.92. The summed E-state index contributed by atoms with van der Waals surface area (Å²) in [5, 5.41) is 21.0. The Morgan fingerprint density at radius 1 is 1.06 bits per heavy atom. The van der Waals surface area contributed by atoms with Gasteiger partial charge in [0.25, 0.3) is 5.91 Å². The van der Waals surface area contributed by atoms with E-state index in [1.54, 1.807) is 11.0 Å². The zero-order valence-electron chi connectivity index (χ0n) is 17.1. The van der Waals surface area contributed by atoms with Crippen molar-refractivity contribution in [2.24, 2.45) is 5.73 Å². The Morgan fingerprint density at radius 3 is 2.65 bits per heavy atom. The van der Waals surface area contributed by atoms with Gasteiger partial charge in [-0.2, -0.15) is 0 Å². The first kappa shape index (κ1) is 19.3. The average molecular weight is 412 g/mol. The number of aliphatic hydroxyl groups is 1. The largest absolute Gasteiger partial charge is 0.391 e. The lowest BCUT2D eigenvalue weighted by atomic mass is 10.0. The molecule has 5 rings (SSSR count).